The first kappa shape index (κ1) is 26.4. The Bertz CT molecular complexity index is 1290. The Balaban J connectivity index is 1.53. The molecular weight excluding hydrogens is 500 g/mol. The standard InChI is InChI=1S/C27H34N8O4/c1-5-28-26(36)29-19-8-6-18(7-9-19)24-32-23-17(2)35(21-16-22(37-3)31-27(30-21)38-4)11-10-20(23)25(33-24)34-12-14-39-15-13-34/h6-9,16-17H,5,10-15H2,1-4H3,(H2,28,29,36)/t17-/m0/s1. The topological polar surface area (TPSA) is 127 Å². The van der Waals surface area contributed by atoms with Gasteiger partial charge in [-0.05, 0) is 44.5 Å². The molecule has 2 aliphatic rings. The van der Waals surface area contributed by atoms with Gasteiger partial charge in [0.2, 0.25) is 5.88 Å². The summed E-state index contributed by atoms with van der Waals surface area (Å²) >= 11 is 0. The minimum atomic E-state index is -0.239. The summed E-state index contributed by atoms with van der Waals surface area (Å²) in [7, 11) is 3.12. The fraction of sp³-hybridized carbons (Fsp3) is 0.444. The molecule has 0 bridgehead atoms. The Morgan fingerprint density at radius 3 is 2.51 bits per heavy atom. The van der Waals surface area contributed by atoms with Gasteiger partial charge in [-0.25, -0.2) is 14.8 Å². The number of amides is 2. The molecule has 0 saturated carbocycles. The fourth-order valence-electron chi connectivity index (χ4n) is 4.90. The fourth-order valence-corrected chi connectivity index (χ4v) is 4.90. The van der Waals surface area contributed by atoms with Gasteiger partial charge in [0.15, 0.2) is 5.82 Å². The van der Waals surface area contributed by atoms with Crippen molar-refractivity contribution in [2.24, 2.45) is 0 Å². The van der Waals surface area contributed by atoms with Crippen LogP contribution in [0.4, 0.5) is 22.1 Å². The van der Waals surface area contributed by atoms with Crippen LogP contribution in [0, 0.1) is 0 Å². The third-order valence-electron chi connectivity index (χ3n) is 6.89. The average Bonchev–Trinajstić information content (AvgIpc) is 2.97. The molecule has 1 atom stereocenters. The molecule has 0 unspecified atom stereocenters. The first-order valence-electron chi connectivity index (χ1n) is 13.1. The number of benzene rings is 1. The molecule has 2 amide bonds. The molecule has 1 saturated heterocycles. The van der Waals surface area contributed by atoms with Crippen LogP contribution in [-0.4, -0.2) is 79.6 Å². The highest BCUT2D eigenvalue weighted by atomic mass is 16.5. The first-order valence-corrected chi connectivity index (χ1v) is 13.1. The van der Waals surface area contributed by atoms with Crippen molar-refractivity contribution in [2.45, 2.75) is 26.3 Å². The number of fused-ring (bicyclic) bond motifs is 1. The van der Waals surface area contributed by atoms with E-state index >= 15 is 0 Å². The molecule has 2 N–H and O–H groups in total. The molecule has 12 nitrogen and oxygen atoms in total. The smallest absolute Gasteiger partial charge is 0.321 e. The molecule has 3 aromatic rings. The van der Waals surface area contributed by atoms with Gasteiger partial charge in [-0.1, -0.05) is 0 Å². The van der Waals surface area contributed by atoms with E-state index in [2.05, 4.69) is 37.3 Å². The van der Waals surface area contributed by atoms with Gasteiger partial charge in [-0.2, -0.15) is 9.97 Å². The molecule has 1 aromatic carbocycles. The second-order valence-corrected chi connectivity index (χ2v) is 9.27. The van der Waals surface area contributed by atoms with E-state index in [4.69, 9.17) is 24.2 Å². The number of methoxy groups -OCH3 is 2. The van der Waals surface area contributed by atoms with Gasteiger partial charge in [0.1, 0.15) is 11.6 Å². The highest BCUT2D eigenvalue weighted by Gasteiger charge is 2.32. The van der Waals surface area contributed by atoms with E-state index in [1.165, 1.54) is 0 Å². The van der Waals surface area contributed by atoms with Gasteiger partial charge in [0, 0.05) is 49.1 Å². The Morgan fingerprint density at radius 2 is 1.82 bits per heavy atom. The summed E-state index contributed by atoms with van der Waals surface area (Å²) in [5.74, 6) is 2.73. The number of hydrogen-bond acceptors (Lipinski definition) is 10. The summed E-state index contributed by atoms with van der Waals surface area (Å²) in [5.41, 5.74) is 3.66. The van der Waals surface area contributed by atoms with E-state index in [1.807, 2.05) is 37.3 Å². The summed E-state index contributed by atoms with van der Waals surface area (Å²) in [4.78, 5) is 35.4. The molecule has 39 heavy (non-hydrogen) atoms. The molecule has 4 heterocycles. The maximum Gasteiger partial charge on any atom is 0.321 e. The average molecular weight is 535 g/mol. The van der Waals surface area contributed by atoms with Crippen LogP contribution in [0.2, 0.25) is 0 Å². The number of nitrogens with one attached hydrogen (secondary N) is 2. The molecule has 0 spiro atoms. The van der Waals surface area contributed by atoms with Crippen molar-refractivity contribution in [2.75, 3.05) is 68.7 Å². The second-order valence-electron chi connectivity index (χ2n) is 9.27. The Morgan fingerprint density at radius 1 is 1.05 bits per heavy atom. The van der Waals surface area contributed by atoms with Crippen molar-refractivity contribution in [1.29, 1.82) is 0 Å². The predicted octanol–water partition coefficient (Wildman–Crippen LogP) is 3.05. The minimum Gasteiger partial charge on any atom is -0.481 e. The van der Waals surface area contributed by atoms with Gasteiger partial charge >= 0.3 is 12.0 Å². The Labute approximate surface area is 227 Å². The van der Waals surface area contributed by atoms with Crippen molar-refractivity contribution in [1.82, 2.24) is 25.3 Å². The third-order valence-corrected chi connectivity index (χ3v) is 6.89. The van der Waals surface area contributed by atoms with Crippen LogP contribution < -0.4 is 29.9 Å². The van der Waals surface area contributed by atoms with Crippen molar-refractivity contribution in [3.05, 3.63) is 41.6 Å². The Kier molecular flexibility index (Phi) is 7.92. The largest absolute Gasteiger partial charge is 0.481 e. The SMILES string of the molecule is CCNC(=O)Nc1ccc(-c2nc3c(c(N4CCOCC4)n2)CCN(c2cc(OC)nc(OC)n2)[C@H]3C)cc1. The number of aromatic nitrogens is 4. The Hall–Kier alpha value is -4.19. The van der Waals surface area contributed by atoms with Crippen molar-refractivity contribution in [3.63, 3.8) is 0 Å². The van der Waals surface area contributed by atoms with Crippen LogP contribution in [0.25, 0.3) is 11.4 Å². The number of carbonyl (C=O) groups excluding carboxylic acids is 1. The molecule has 2 aliphatic heterocycles. The minimum absolute atomic E-state index is 0.0849. The number of hydrogen-bond donors (Lipinski definition) is 2. The van der Waals surface area contributed by atoms with E-state index in [0.717, 1.165) is 48.7 Å². The van der Waals surface area contributed by atoms with Crippen LogP contribution in [0.3, 0.4) is 0 Å². The number of carbonyl (C=O) groups is 1. The number of urea groups is 1. The van der Waals surface area contributed by atoms with E-state index in [1.54, 1.807) is 14.2 Å². The van der Waals surface area contributed by atoms with Gasteiger partial charge in [0.25, 0.3) is 0 Å². The van der Waals surface area contributed by atoms with Crippen molar-refractivity contribution in [3.8, 4) is 23.3 Å². The van der Waals surface area contributed by atoms with E-state index < -0.39 is 0 Å². The molecule has 0 radical (unpaired) electrons. The summed E-state index contributed by atoms with van der Waals surface area (Å²) in [6, 6.07) is 9.31. The zero-order valence-corrected chi connectivity index (χ0v) is 22.7. The molecule has 1 fully saturated rings. The van der Waals surface area contributed by atoms with Gasteiger partial charge in [-0.3, -0.25) is 0 Å². The van der Waals surface area contributed by atoms with E-state index in [-0.39, 0.29) is 18.1 Å². The predicted molar refractivity (Wildman–Crippen MR) is 148 cm³/mol. The van der Waals surface area contributed by atoms with Crippen molar-refractivity contribution >= 4 is 23.4 Å². The molecule has 206 valence electrons. The molecular formula is C27H34N8O4. The third kappa shape index (κ3) is 5.65. The summed E-state index contributed by atoms with van der Waals surface area (Å²) in [6.45, 7) is 8.17. The highest BCUT2D eigenvalue weighted by molar-refractivity contribution is 5.89. The van der Waals surface area contributed by atoms with Crippen LogP contribution >= 0.6 is 0 Å². The van der Waals surface area contributed by atoms with Crippen LogP contribution in [0.1, 0.15) is 31.1 Å². The highest BCUT2D eigenvalue weighted by Crippen LogP contribution is 2.38. The molecule has 2 aromatic heterocycles. The van der Waals surface area contributed by atoms with Gasteiger partial charge < -0.3 is 34.6 Å². The molecule has 12 heteroatoms. The zero-order valence-electron chi connectivity index (χ0n) is 22.7. The number of anilines is 3. The second kappa shape index (κ2) is 11.7. The lowest BCUT2D eigenvalue weighted by molar-refractivity contribution is 0.122. The summed E-state index contributed by atoms with van der Waals surface area (Å²) < 4.78 is 16.3. The number of rotatable bonds is 7. The monoisotopic (exact) mass is 534 g/mol. The van der Waals surface area contributed by atoms with Crippen LogP contribution in [0.15, 0.2) is 30.3 Å². The molecule has 0 aliphatic carbocycles. The van der Waals surface area contributed by atoms with Crippen LogP contribution in [-0.2, 0) is 11.2 Å². The number of morpholine rings is 1. The van der Waals surface area contributed by atoms with Gasteiger partial charge in [0.05, 0.1) is 39.2 Å². The van der Waals surface area contributed by atoms with Crippen LogP contribution in [0.5, 0.6) is 11.9 Å². The summed E-state index contributed by atoms with van der Waals surface area (Å²) in [5, 5.41) is 5.57. The lowest BCUT2D eigenvalue weighted by Gasteiger charge is -2.38. The quantitative estimate of drug-likeness (QED) is 0.467. The molecule has 5 rings (SSSR count). The number of nitrogens with zero attached hydrogens (tertiary/aromatic N) is 6. The maximum absolute atomic E-state index is 11.9. The van der Waals surface area contributed by atoms with E-state index in [9.17, 15) is 4.79 Å². The summed E-state index contributed by atoms with van der Waals surface area (Å²) in [6.07, 6.45) is 0.761. The van der Waals surface area contributed by atoms with E-state index in [0.29, 0.717) is 43.0 Å². The lowest BCUT2D eigenvalue weighted by Crippen LogP contribution is -2.40. The van der Waals surface area contributed by atoms with Gasteiger partial charge in [-0.15, -0.1) is 0 Å². The zero-order chi connectivity index (χ0) is 27.4. The normalized spacial score (nSPS) is 16.9. The van der Waals surface area contributed by atoms with Crippen molar-refractivity contribution < 1.29 is 19.0 Å². The lowest BCUT2D eigenvalue weighted by atomic mass is 9.98. The maximum atomic E-state index is 11.9. The number of ether oxygens (including phenoxy) is 3. The first-order chi connectivity index (χ1) is 19.0.